The van der Waals surface area contributed by atoms with Crippen molar-refractivity contribution in [2.24, 2.45) is 0 Å². The van der Waals surface area contributed by atoms with Gasteiger partial charge in [-0.15, -0.1) is 0 Å². The van der Waals surface area contributed by atoms with Gasteiger partial charge in [-0.1, -0.05) is 61.4 Å². The van der Waals surface area contributed by atoms with Crippen molar-refractivity contribution >= 4 is 21.9 Å². The number of benzene rings is 2. The molecule has 0 radical (unpaired) electrons. The van der Waals surface area contributed by atoms with Gasteiger partial charge in [-0.05, 0) is 50.8 Å². The number of esters is 1. The Balaban J connectivity index is 1.97. The van der Waals surface area contributed by atoms with E-state index >= 15 is 0 Å². The molecule has 3 atom stereocenters. The Labute approximate surface area is 214 Å². The maximum Gasteiger partial charge on any atom is 0.330 e. The minimum Gasteiger partial charge on any atom is -0.467 e. The summed E-state index contributed by atoms with van der Waals surface area (Å²) in [7, 11) is -2.60. The van der Waals surface area contributed by atoms with Gasteiger partial charge in [0.15, 0.2) is 0 Å². The molecule has 1 aliphatic heterocycles. The first-order chi connectivity index (χ1) is 17.2. The third-order valence-corrected chi connectivity index (χ3v) is 8.41. The number of amides is 1. The van der Waals surface area contributed by atoms with Gasteiger partial charge in [0.2, 0.25) is 10.0 Å². The molecule has 0 bridgehead atoms. The molecule has 1 aliphatic rings. The van der Waals surface area contributed by atoms with Gasteiger partial charge in [0.25, 0.3) is 5.91 Å². The molecule has 1 heterocycles. The van der Waals surface area contributed by atoms with Crippen LogP contribution in [0.5, 0.6) is 0 Å². The molecule has 9 heteroatoms. The van der Waals surface area contributed by atoms with Crippen LogP contribution in [0.2, 0.25) is 0 Å². The number of sulfonamides is 1. The molecular weight excluding hydrogens is 478 g/mol. The van der Waals surface area contributed by atoms with Crippen LogP contribution >= 0.6 is 0 Å². The number of ether oxygens (including phenoxy) is 1. The topological polar surface area (TPSA) is 96.0 Å². The average Bonchev–Trinajstić information content (AvgIpc) is 3.37. The highest BCUT2D eigenvalue weighted by molar-refractivity contribution is 7.89. The lowest BCUT2D eigenvalue weighted by atomic mass is 10.0. The zero-order valence-electron chi connectivity index (χ0n) is 21.5. The van der Waals surface area contributed by atoms with Crippen molar-refractivity contribution in [3.8, 4) is 0 Å². The highest BCUT2D eigenvalue weighted by atomic mass is 32.2. The van der Waals surface area contributed by atoms with Crippen molar-refractivity contribution in [2.75, 3.05) is 13.7 Å². The van der Waals surface area contributed by atoms with Crippen LogP contribution in [0, 0.1) is 6.92 Å². The van der Waals surface area contributed by atoms with Crippen molar-refractivity contribution in [2.45, 2.75) is 75.9 Å². The Morgan fingerprint density at radius 2 is 1.81 bits per heavy atom. The number of hydrogen-bond donors (Lipinski definition) is 1. The molecule has 1 N–H and O–H groups in total. The quantitative estimate of drug-likeness (QED) is 0.364. The predicted octanol–water partition coefficient (Wildman–Crippen LogP) is 3.45. The SMILES string of the molecule is CCCC(C)NN(C(=O)[C@@H]1CCCN1S(=O)(=O)c1ccc(C)cc1)[C@@H](Cc1ccccc1)C(=O)OC. The Morgan fingerprint density at radius 1 is 1.14 bits per heavy atom. The first-order valence-corrected chi connectivity index (χ1v) is 13.9. The summed E-state index contributed by atoms with van der Waals surface area (Å²) in [5.74, 6) is -1.01. The van der Waals surface area contributed by atoms with Gasteiger partial charge in [0.1, 0.15) is 12.1 Å². The van der Waals surface area contributed by atoms with E-state index in [1.807, 2.05) is 51.1 Å². The maximum atomic E-state index is 14.0. The highest BCUT2D eigenvalue weighted by Gasteiger charge is 2.44. The van der Waals surface area contributed by atoms with E-state index in [4.69, 9.17) is 4.74 Å². The monoisotopic (exact) mass is 515 g/mol. The van der Waals surface area contributed by atoms with Crippen LogP contribution in [0.25, 0.3) is 0 Å². The molecule has 3 rings (SSSR count). The standard InChI is InChI=1S/C27H37N3O5S/c1-5-10-21(3)28-30(25(27(32)35-4)19-22-11-7-6-8-12-22)26(31)24-13-9-18-29(24)36(33,34)23-16-14-20(2)15-17-23/h6-8,11-12,14-17,21,24-25,28H,5,9-10,13,18-19H2,1-4H3/t21?,24-,25-/m0/s1. The molecule has 2 aromatic carbocycles. The van der Waals surface area contributed by atoms with Crippen LogP contribution in [0.1, 0.15) is 50.7 Å². The molecule has 0 aliphatic carbocycles. The van der Waals surface area contributed by atoms with Crippen molar-refractivity contribution in [3.63, 3.8) is 0 Å². The Kier molecular flexibility index (Phi) is 9.64. The van der Waals surface area contributed by atoms with Crippen LogP contribution < -0.4 is 5.43 Å². The fourth-order valence-electron chi connectivity index (χ4n) is 4.58. The summed E-state index contributed by atoms with van der Waals surface area (Å²) in [6, 6.07) is 14.0. The summed E-state index contributed by atoms with van der Waals surface area (Å²) in [5, 5.41) is 1.33. The van der Waals surface area contributed by atoms with Crippen molar-refractivity contribution in [1.29, 1.82) is 0 Å². The Bertz CT molecular complexity index is 1120. The van der Waals surface area contributed by atoms with Gasteiger partial charge in [-0.3, -0.25) is 9.80 Å². The lowest BCUT2D eigenvalue weighted by Crippen LogP contribution is -2.61. The number of methoxy groups -OCH3 is 1. The fraction of sp³-hybridized carbons (Fsp3) is 0.481. The van der Waals surface area contributed by atoms with Gasteiger partial charge in [-0.25, -0.2) is 18.6 Å². The molecule has 36 heavy (non-hydrogen) atoms. The van der Waals surface area contributed by atoms with E-state index in [2.05, 4.69) is 5.43 Å². The number of carbonyl (C=O) groups is 2. The van der Waals surface area contributed by atoms with Gasteiger partial charge in [0.05, 0.1) is 12.0 Å². The van der Waals surface area contributed by atoms with Crippen LogP contribution in [0.3, 0.4) is 0 Å². The Morgan fingerprint density at radius 3 is 2.42 bits per heavy atom. The third-order valence-electron chi connectivity index (χ3n) is 6.49. The van der Waals surface area contributed by atoms with E-state index in [9.17, 15) is 18.0 Å². The summed E-state index contributed by atoms with van der Waals surface area (Å²) in [6.45, 7) is 6.11. The normalized spacial score (nSPS) is 17.9. The first-order valence-electron chi connectivity index (χ1n) is 12.5. The fourth-order valence-corrected chi connectivity index (χ4v) is 6.23. The molecule has 1 fully saturated rings. The van der Waals surface area contributed by atoms with Gasteiger partial charge in [0, 0.05) is 19.0 Å². The second kappa shape index (κ2) is 12.5. The number of carbonyl (C=O) groups excluding carboxylic acids is 2. The summed E-state index contributed by atoms with van der Waals surface area (Å²) in [6.07, 6.45) is 2.83. The molecule has 1 amide bonds. The second-order valence-electron chi connectivity index (χ2n) is 9.34. The Hall–Kier alpha value is -2.75. The molecule has 1 unspecified atom stereocenters. The number of aryl methyl sites for hydroxylation is 1. The zero-order chi connectivity index (χ0) is 26.3. The molecule has 196 valence electrons. The smallest absolute Gasteiger partial charge is 0.330 e. The van der Waals surface area contributed by atoms with Crippen LogP contribution in [-0.4, -0.2) is 61.4 Å². The predicted molar refractivity (Wildman–Crippen MR) is 138 cm³/mol. The van der Waals surface area contributed by atoms with Crippen molar-refractivity contribution in [1.82, 2.24) is 14.7 Å². The number of hydrazine groups is 1. The van der Waals surface area contributed by atoms with Crippen molar-refractivity contribution < 1.29 is 22.7 Å². The van der Waals surface area contributed by atoms with E-state index in [0.717, 1.165) is 24.0 Å². The lowest BCUT2D eigenvalue weighted by molar-refractivity contribution is -0.158. The van der Waals surface area contributed by atoms with Crippen molar-refractivity contribution in [3.05, 3.63) is 65.7 Å². The molecule has 0 aromatic heterocycles. The largest absolute Gasteiger partial charge is 0.467 e. The van der Waals surface area contributed by atoms with E-state index in [1.54, 1.807) is 24.3 Å². The third kappa shape index (κ3) is 6.52. The summed E-state index contributed by atoms with van der Waals surface area (Å²) < 4.78 is 33.4. The first kappa shape index (κ1) is 27.8. The molecular formula is C27H37N3O5S. The summed E-state index contributed by atoms with van der Waals surface area (Å²) in [5.41, 5.74) is 5.03. The number of hydrogen-bond acceptors (Lipinski definition) is 6. The van der Waals surface area contributed by atoms with Crippen LogP contribution in [0.4, 0.5) is 0 Å². The molecule has 2 aromatic rings. The summed E-state index contributed by atoms with van der Waals surface area (Å²) in [4.78, 5) is 27.1. The number of nitrogens with zero attached hydrogens (tertiary/aromatic N) is 2. The summed E-state index contributed by atoms with van der Waals surface area (Å²) >= 11 is 0. The average molecular weight is 516 g/mol. The molecule has 8 nitrogen and oxygen atoms in total. The van der Waals surface area contributed by atoms with E-state index in [1.165, 1.54) is 16.4 Å². The second-order valence-corrected chi connectivity index (χ2v) is 11.2. The zero-order valence-corrected chi connectivity index (χ0v) is 22.3. The molecule has 0 saturated carbocycles. The van der Waals surface area contributed by atoms with E-state index in [-0.39, 0.29) is 23.9 Å². The van der Waals surface area contributed by atoms with Crippen LogP contribution in [0.15, 0.2) is 59.5 Å². The van der Waals surface area contributed by atoms with Gasteiger partial charge in [-0.2, -0.15) is 4.31 Å². The van der Waals surface area contributed by atoms with E-state index in [0.29, 0.717) is 12.8 Å². The lowest BCUT2D eigenvalue weighted by Gasteiger charge is -2.36. The highest BCUT2D eigenvalue weighted by Crippen LogP contribution is 2.28. The van der Waals surface area contributed by atoms with E-state index < -0.39 is 34.0 Å². The minimum atomic E-state index is -3.89. The maximum absolute atomic E-state index is 14.0. The van der Waals surface area contributed by atoms with Crippen LogP contribution in [-0.2, 0) is 30.8 Å². The van der Waals surface area contributed by atoms with Gasteiger partial charge < -0.3 is 4.74 Å². The molecule has 1 saturated heterocycles. The minimum absolute atomic E-state index is 0.106. The molecule has 0 spiro atoms. The number of rotatable bonds is 11. The number of nitrogens with one attached hydrogen (secondary N) is 1. The van der Waals surface area contributed by atoms with Gasteiger partial charge >= 0.3 is 5.97 Å².